The summed E-state index contributed by atoms with van der Waals surface area (Å²) in [4.78, 5) is 28.3. The molecule has 7 heteroatoms. The summed E-state index contributed by atoms with van der Waals surface area (Å²) in [5.74, 6) is -0.551. The Bertz CT molecular complexity index is 1170. The van der Waals surface area contributed by atoms with Crippen LogP contribution in [-0.4, -0.2) is 22.2 Å². The van der Waals surface area contributed by atoms with Gasteiger partial charge in [0.1, 0.15) is 12.4 Å². The van der Waals surface area contributed by atoms with Gasteiger partial charge in [-0.05, 0) is 53.7 Å². The summed E-state index contributed by atoms with van der Waals surface area (Å²) in [6.07, 6.45) is 1.77. The van der Waals surface area contributed by atoms with Gasteiger partial charge in [-0.3, -0.25) is 4.79 Å². The van der Waals surface area contributed by atoms with Gasteiger partial charge in [0.25, 0.3) is 5.91 Å². The minimum Gasteiger partial charge on any atom is -0.488 e. The number of benzene rings is 3. The maximum atomic E-state index is 12.4. The second kappa shape index (κ2) is 9.32. The fourth-order valence-electron chi connectivity index (χ4n) is 2.88. The number of hydrogen-bond acceptors (Lipinski definition) is 5. The van der Waals surface area contributed by atoms with E-state index < -0.39 is 5.97 Å². The number of nitrogens with zero attached hydrogens (tertiary/aromatic N) is 1. The second-order valence-corrected chi connectivity index (χ2v) is 7.68. The lowest BCUT2D eigenvalue weighted by atomic mass is 10.1. The standard InChI is InChI=1S/C24H18N2O4S/c27-22-21(31-24(26-22)25-19-7-2-1-3-8-19)14-18-6-4-5-9-20(18)30-15-16-10-12-17(13-11-16)23(28)29/h1-14H,15H2,(H,28,29)(H,25,26,27)/b21-14-. The quantitative estimate of drug-likeness (QED) is 0.546. The molecule has 1 fully saturated rings. The van der Waals surface area contributed by atoms with Crippen LogP contribution in [0.4, 0.5) is 5.69 Å². The number of aliphatic imine (C=N–C) groups is 1. The van der Waals surface area contributed by atoms with Gasteiger partial charge in [-0.1, -0.05) is 48.5 Å². The number of carboxylic acids is 1. The molecule has 0 unspecified atom stereocenters. The van der Waals surface area contributed by atoms with Gasteiger partial charge >= 0.3 is 5.97 Å². The smallest absolute Gasteiger partial charge is 0.335 e. The van der Waals surface area contributed by atoms with Crippen LogP contribution in [0.5, 0.6) is 5.75 Å². The highest BCUT2D eigenvalue weighted by Gasteiger charge is 2.24. The van der Waals surface area contributed by atoms with Crippen molar-refractivity contribution >= 4 is 40.6 Å². The van der Waals surface area contributed by atoms with Gasteiger partial charge in [-0.2, -0.15) is 0 Å². The van der Waals surface area contributed by atoms with Crippen molar-refractivity contribution in [2.45, 2.75) is 6.61 Å². The van der Waals surface area contributed by atoms with Crippen LogP contribution >= 0.6 is 11.8 Å². The van der Waals surface area contributed by atoms with E-state index in [4.69, 9.17) is 9.84 Å². The Kier molecular flexibility index (Phi) is 6.14. The van der Waals surface area contributed by atoms with Crippen LogP contribution in [0.3, 0.4) is 0 Å². The lowest BCUT2D eigenvalue weighted by Gasteiger charge is -2.10. The lowest BCUT2D eigenvalue weighted by Crippen LogP contribution is -2.19. The summed E-state index contributed by atoms with van der Waals surface area (Å²) >= 11 is 1.28. The largest absolute Gasteiger partial charge is 0.488 e. The van der Waals surface area contributed by atoms with E-state index in [-0.39, 0.29) is 18.1 Å². The minimum atomic E-state index is -0.966. The summed E-state index contributed by atoms with van der Waals surface area (Å²) in [5.41, 5.74) is 2.61. The van der Waals surface area contributed by atoms with Crippen molar-refractivity contribution in [2.75, 3.05) is 0 Å². The van der Waals surface area contributed by atoms with E-state index in [1.54, 1.807) is 30.3 Å². The second-order valence-electron chi connectivity index (χ2n) is 6.65. The van der Waals surface area contributed by atoms with E-state index in [2.05, 4.69) is 10.3 Å². The molecule has 0 spiro atoms. The maximum Gasteiger partial charge on any atom is 0.335 e. The van der Waals surface area contributed by atoms with Crippen LogP contribution in [0, 0.1) is 0 Å². The van der Waals surface area contributed by atoms with Gasteiger partial charge in [-0.15, -0.1) is 0 Å². The number of rotatable bonds is 6. The molecule has 3 aromatic rings. The molecule has 0 atom stereocenters. The predicted molar refractivity (Wildman–Crippen MR) is 121 cm³/mol. The van der Waals surface area contributed by atoms with E-state index in [1.807, 2.05) is 54.6 Å². The summed E-state index contributed by atoms with van der Waals surface area (Å²) in [6, 6.07) is 23.4. The third-order valence-corrected chi connectivity index (χ3v) is 5.35. The summed E-state index contributed by atoms with van der Waals surface area (Å²) in [5, 5.41) is 12.3. The first kappa shape index (κ1) is 20.4. The fraction of sp³-hybridized carbons (Fsp3) is 0.0417. The zero-order valence-corrected chi connectivity index (χ0v) is 17.1. The molecule has 1 amide bonds. The molecule has 1 heterocycles. The molecule has 0 aliphatic carbocycles. The van der Waals surface area contributed by atoms with Crippen LogP contribution in [0.25, 0.3) is 6.08 Å². The zero-order chi connectivity index (χ0) is 21.6. The van der Waals surface area contributed by atoms with Crippen LogP contribution in [-0.2, 0) is 11.4 Å². The molecule has 2 N–H and O–H groups in total. The molecule has 1 aliphatic rings. The van der Waals surface area contributed by atoms with Gasteiger partial charge in [-0.25, -0.2) is 9.79 Å². The number of carboxylic acid groups (broad SMARTS) is 1. The van der Waals surface area contributed by atoms with Crippen molar-refractivity contribution in [3.05, 3.63) is 100 Å². The minimum absolute atomic E-state index is 0.209. The molecule has 1 saturated heterocycles. The predicted octanol–water partition coefficient (Wildman–Crippen LogP) is 4.86. The highest BCUT2D eigenvalue weighted by atomic mass is 32.2. The number of para-hydroxylation sites is 2. The monoisotopic (exact) mass is 430 g/mol. The van der Waals surface area contributed by atoms with E-state index in [1.165, 1.54) is 11.8 Å². The number of carbonyl (C=O) groups excluding carboxylic acids is 1. The van der Waals surface area contributed by atoms with Crippen molar-refractivity contribution < 1.29 is 19.4 Å². The van der Waals surface area contributed by atoms with Crippen LogP contribution in [0.2, 0.25) is 0 Å². The highest BCUT2D eigenvalue weighted by molar-refractivity contribution is 8.18. The number of amidine groups is 1. The van der Waals surface area contributed by atoms with Crippen molar-refractivity contribution in [3.8, 4) is 5.75 Å². The van der Waals surface area contributed by atoms with Gasteiger partial charge < -0.3 is 15.2 Å². The van der Waals surface area contributed by atoms with Crippen LogP contribution in [0.1, 0.15) is 21.5 Å². The fourth-order valence-corrected chi connectivity index (χ4v) is 3.71. The van der Waals surface area contributed by atoms with Crippen LogP contribution < -0.4 is 10.1 Å². The average Bonchev–Trinajstić information content (AvgIpc) is 3.12. The topological polar surface area (TPSA) is 88.0 Å². The molecule has 0 bridgehead atoms. The molecule has 3 aromatic carbocycles. The molecular formula is C24H18N2O4S. The summed E-state index contributed by atoms with van der Waals surface area (Å²) in [7, 11) is 0. The normalized spacial score (nSPS) is 15.8. The van der Waals surface area contributed by atoms with Gasteiger partial charge in [0.05, 0.1) is 16.2 Å². The number of thioether (sulfide) groups is 1. The number of aromatic carboxylic acids is 1. The first-order valence-electron chi connectivity index (χ1n) is 9.47. The van der Waals surface area contributed by atoms with Gasteiger partial charge in [0, 0.05) is 5.56 Å². The molecule has 4 rings (SSSR count). The Hall–Kier alpha value is -3.84. The van der Waals surface area contributed by atoms with E-state index >= 15 is 0 Å². The first-order chi connectivity index (χ1) is 15.1. The molecule has 31 heavy (non-hydrogen) atoms. The van der Waals surface area contributed by atoms with Gasteiger partial charge in [0.2, 0.25) is 0 Å². The van der Waals surface area contributed by atoms with Crippen molar-refractivity contribution in [1.29, 1.82) is 0 Å². The van der Waals surface area contributed by atoms with E-state index in [0.717, 1.165) is 16.8 Å². The van der Waals surface area contributed by atoms with E-state index in [9.17, 15) is 9.59 Å². The number of carbonyl (C=O) groups is 2. The zero-order valence-electron chi connectivity index (χ0n) is 16.3. The molecule has 0 aromatic heterocycles. The van der Waals surface area contributed by atoms with Crippen molar-refractivity contribution in [1.82, 2.24) is 5.32 Å². The maximum absolute atomic E-state index is 12.4. The average molecular weight is 430 g/mol. The molecule has 1 aliphatic heterocycles. The van der Waals surface area contributed by atoms with Crippen LogP contribution in [0.15, 0.2) is 88.8 Å². The molecule has 0 saturated carbocycles. The molecular weight excluding hydrogens is 412 g/mol. The SMILES string of the molecule is O=C1NC(=Nc2ccccc2)S/C1=C\c1ccccc1OCc1ccc(C(=O)O)cc1. The number of hydrogen-bond donors (Lipinski definition) is 2. The van der Waals surface area contributed by atoms with Crippen molar-refractivity contribution in [2.24, 2.45) is 4.99 Å². The molecule has 154 valence electrons. The van der Waals surface area contributed by atoms with Gasteiger partial charge in [0.15, 0.2) is 5.17 Å². The Labute approximate surface area is 183 Å². The third kappa shape index (κ3) is 5.21. The third-order valence-electron chi connectivity index (χ3n) is 4.44. The number of ether oxygens (including phenoxy) is 1. The first-order valence-corrected chi connectivity index (χ1v) is 10.3. The number of amides is 1. The summed E-state index contributed by atoms with van der Waals surface area (Å²) in [6.45, 7) is 0.278. The Morgan fingerprint density at radius 3 is 2.45 bits per heavy atom. The number of nitrogens with one attached hydrogen (secondary N) is 1. The lowest BCUT2D eigenvalue weighted by molar-refractivity contribution is -0.115. The highest BCUT2D eigenvalue weighted by Crippen LogP contribution is 2.30. The van der Waals surface area contributed by atoms with E-state index in [0.29, 0.717) is 15.8 Å². The Morgan fingerprint density at radius 2 is 1.71 bits per heavy atom. The van der Waals surface area contributed by atoms with Crippen molar-refractivity contribution in [3.63, 3.8) is 0 Å². The molecule has 0 radical (unpaired) electrons. The molecule has 6 nitrogen and oxygen atoms in total. The Morgan fingerprint density at radius 1 is 1.00 bits per heavy atom. The summed E-state index contributed by atoms with van der Waals surface area (Å²) < 4.78 is 5.93. The Balaban J connectivity index is 1.49.